The van der Waals surface area contributed by atoms with Crippen molar-refractivity contribution in [3.05, 3.63) is 58.2 Å². The van der Waals surface area contributed by atoms with Gasteiger partial charge in [0.15, 0.2) is 11.5 Å². The second kappa shape index (κ2) is 7.12. The zero-order valence-electron chi connectivity index (χ0n) is 16.3. The number of carbonyl (C=O) groups is 1. The van der Waals surface area contributed by atoms with Crippen LogP contribution in [0, 0.1) is 0 Å². The van der Waals surface area contributed by atoms with Crippen molar-refractivity contribution in [2.75, 3.05) is 6.79 Å². The highest BCUT2D eigenvalue weighted by atomic mass is 35.5. The molecule has 0 saturated heterocycles. The Balaban J connectivity index is 1.66. The zero-order chi connectivity index (χ0) is 20.8. The molecule has 1 N–H and O–H groups in total. The summed E-state index contributed by atoms with van der Waals surface area (Å²) in [5.41, 5.74) is 2.02. The minimum Gasteiger partial charge on any atom is -0.486 e. The predicted octanol–water partition coefficient (Wildman–Crippen LogP) is 5.19. The van der Waals surface area contributed by atoms with Gasteiger partial charge in [0.2, 0.25) is 6.79 Å². The van der Waals surface area contributed by atoms with Gasteiger partial charge in [0.05, 0.1) is 21.8 Å². The monoisotopic (exact) mass is 413 g/mol. The fourth-order valence-corrected chi connectivity index (χ4v) is 3.36. The summed E-state index contributed by atoms with van der Waals surface area (Å²) in [5, 5.41) is 10.7. The second-order valence-corrected chi connectivity index (χ2v) is 8.28. The van der Waals surface area contributed by atoms with Crippen molar-refractivity contribution >= 4 is 28.5 Å². The lowest BCUT2D eigenvalue weighted by Gasteiger charge is -2.20. The van der Waals surface area contributed by atoms with E-state index in [0.29, 0.717) is 38.9 Å². The summed E-state index contributed by atoms with van der Waals surface area (Å²) in [4.78, 5) is 16.2. The maximum absolute atomic E-state index is 11.8. The average molecular weight is 414 g/mol. The molecule has 150 valence electrons. The third-order valence-corrected chi connectivity index (χ3v) is 5.08. The van der Waals surface area contributed by atoms with Crippen LogP contribution in [0.15, 0.2) is 36.4 Å². The summed E-state index contributed by atoms with van der Waals surface area (Å²) in [6.45, 7) is 6.41. The van der Waals surface area contributed by atoms with Gasteiger partial charge < -0.3 is 19.3 Å². The molecule has 0 amide bonds. The Hall–Kier alpha value is -2.99. The van der Waals surface area contributed by atoms with Crippen molar-refractivity contribution in [3.8, 4) is 17.2 Å². The number of aromatic carboxylic acids is 1. The second-order valence-electron chi connectivity index (χ2n) is 7.87. The number of hydrogen-bond acceptors (Lipinski definition) is 5. The molecule has 3 aromatic rings. The van der Waals surface area contributed by atoms with Crippen LogP contribution in [0.25, 0.3) is 10.9 Å². The van der Waals surface area contributed by atoms with Gasteiger partial charge in [-0.25, -0.2) is 9.78 Å². The standard InChI is InChI=1S/C22H20ClNO5/c1-22(2,3)13-4-5-18(15(23)8-13)27-10-17-14(21(25)26)6-12-7-19-20(29-11-28-19)9-16(12)24-17/h4-9H,10-11H2,1-3H3,(H,25,26). The molecule has 1 aliphatic rings. The van der Waals surface area contributed by atoms with E-state index < -0.39 is 5.97 Å². The number of rotatable bonds is 4. The van der Waals surface area contributed by atoms with Gasteiger partial charge in [0.1, 0.15) is 12.4 Å². The van der Waals surface area contributed by atoms with Crippen LogP contribution in [0.4, 0.5) is 0 Å². The summed E-state index contributed by atoms with van der Waals surface area (Å²) in [7, 11) is 0. The first-order chi connectivity index (χ1) is 13.7. The Morgan fingerprint density at radius 3 is 2.55 bits per heavy atom. The highest BCUT2D eigenvalue weighted by molar-refractivity contribution is 6.32. The lowest BCUT2D eigenvalue weighted by Crippen LogP contribution is -2.11. The Labute approximate surface area is 173 Å². The first-order valence-corrected chi connectivity index (χ1v) is 9.49. The molecule has 0 radical (unpaired) electrons. The number of aromatic nitrogens is 1. The number of benzene rings is 2. The molecule has 2 aromatic carbocycles. The molecule has 0 fully saturated rings. The smallest absolute Gasteiger partial charge is 0.337 e. The van der Waals surface area contributed by atoms with Gasteiger partial charge in [-0.1, -0.05) is 38.4 Å². The van der Waals surface area contributed by atoms with Gasteiger partial charge in [-0.15, -0.1) is 0 Å². The molecular weight excluding hydrogens is 394 g/mol. The van der Waals surface area contributed by atoms with Crippen molar-refractivity contribution < 1.29 is 24.1 Å². The summed E-state index contributed by atoms with van der Waals surface area (Å²) in [6.07, 6.45) is 0. The molecule has 29 heavy (non-hydrogen) atoms. The topological polar surface area (TPSA) is 77.9 Å². The number of carboxylic acids is 1. The van der Waals surface area contributed by atoms with Crippen molar-refractivity contribution in [2.24, 2.45) is 0 Å². The molecule has 1 aromatic heterocycles. The van der Waals surface area contributed by atoms with Crippen LogP contribution in [0.3, 0.4) is 0 Å². The van der Waals surface area contributed by atoms with Gasteiger partial charge in [0, 0.05) is 11.5 Å². The molecule has 0 aliphatic carbocycles. The van der Waals surface area contributed by atoms with Gasteiger partial charge in [-0.05, 0) is 35.2 Å². The maximum atomic E-state index is 11.8. The Morgan fingerprint density at radius 1 is 1.17 bits per heavy atom. The third kappa shape index (κ3) is 3.80. The lowest BCUT2D eigenvalue weighted by molar-refractivity contribution is 0.0693. The third-order valence-electron chi connectivity index (χ3n) is 4.78. The molecular formula is C22H20ClNO5. The zero-order valence-corrected chi connectivity index (χ0v) is 17.0. The van der Waals surface area contributed by atoms with E-state index >= 15 is 0 Å². The highest BCUT2D eigenvalue weighted by Gasteiger charge is 2.20. The molecule has 1 aliphatic heterocycles. The predicted molar refractivity (Wildman–Crippen MR) is 109 cm³/mol. The highest BCUT2D eigenvalue weighted by Crippen LogP contribution is 2.36. The van der Waals surface area contributed by atoms with Gasteiger partial charge >= 0.3 is 5.97 Å². The van der Waals surface area contributed by atoms with Crippen LogP contribution >= 0.6 is 11.6 Å². The molecule has 0 unspecified atom stereocenters. The van der Waals surface area contributed by atoms with E-state index in [1.807, 2.05) is 12.1 Å². The van der Waals surface area contributed by atoms with Crippen LogP contribution in [-0.4, -0.2) is 22.9 Å². The van der Waals surface area contributed by atoms with Gasteiger partial charge in [-0.3, -0.25) is 0 Å². The molecule has 0 saturated carbocycles. The van der Waals surface area contributed by atoms with E-state index in [-0.39, 0.29) is 24.4 Å². The number of fused-ring (bicyclic) bond motifs is 2. The van der Waals surface area contributed by atoms with Gasteiger partial charge in [-0.2, -0.15) is 0 Å². The van der Waals surface area contributed by atoms with Crippen LogP contribution in [-0.2, 0) is 12.0 Å². The first-order valence-electron chi connectivity index (χ1n) is 9.12. The lowest BCUT2D eigenvalue weighted by atomic mass is 9.87. The first kappa shape index (κ1) is 19.3. The summed E-state index contributed by atoms with van der Waals surface area (Å²) < 4.78 is 16.5. The Kier molecular flexibility index (Phi) is 4.74. The fourth-order valence-electron chi connectivity index (χ4n) is 3.13. The van der Waals surface area contributed by atoms with E-state index in [0.717, 1.165) is 5.56 Å². The molecule has 6 nitrogen and oxygen atoms in total. The SMILES string of the molecule is CC(C)(C)c1ccc(OCc2nc3cc4c(cc3cc2C(=O)O)OCO4)c(Cl)c1. The van der Waals surface area contributed by atoms with Crippen molar-refractivity contribution in [2.45, 2.75) is 32.8 Å². The Bertz CT molecular complexity index is 1120. The van der Waals surface area contributed by atoms with Gasteiger partial charge in [0.25, 0.3) is 0 Å². The van der Waals surface area contributed by atoms with Crippen molar-refractivity contribution in [3.63, 3.8) is 0 Å². The maximum Gasteiger partial charge on any atom is 0.337 e. The molecule has 4 rings (SSSR count). The van der Waals surface area contributed by atoms with E-state index in [4.69, 9.17) is 25.8 Å². The van der Waals surface area contributed by atoms with Crippen LogP contribution in [0.1, 0.15) is 42.4 Å². The van der Waals surface area contributed by atoms with Crippen molar-refractivity contribution in [1.29, 1.82) is 0 Å². The van der Waals surface area contributed by atoms with Crippen molar-refractivity contribution in [1.82, 2.24) is 4.98 Å². The fraction of sp³-hybridized carbons (Fsp3) is 0.273. The number of pyridine rings is 1. The molecule has 0 bridgehead atoms. The van der Waals surface area contributed by atoms with Crippen LogP contribution in [0.5, 0.6) is 17.2 Å². The number of nitrogens with zero attached hydrogens (tertiary/aromatic N) is 1. The molecule has 0 atom stereocenters. The van der Waals surface area contributed by atoms with E-state index in [1.54, 1.807) is 24.3 Å². The minimum absolute atomic E-state index is 0.0272. The summed E-state index contributed by atoms with van der Waals surface area (Å²) in [5.74, 6) is 0.555. The average Bonchev–Trinajstić information content (AvgIpc) is 3.10. The number of carboxylic acid groups (broad SMARTS) is 1. The quantitative estimate of drug-likeness (QED) is 0.634. The molecule has 2 heterocycles. The number of ether oxygens (including phenoxy) is 3. The number of hydrogen-bond donors (Lipinski definition) is 1. The van der Waals surface area contributed by atoms with Crippen LogP contribution < -0.4 is 14.2 Å². The molecule has 7 heteroatoms. The summed E-state index contributed by atoms with van der Waals surface area (Å²) in [6, 6.07) is 10.6. The van der Waals surface area contributed by atoms with Crippen LogP contribution in [0.2, 0.25) is 5.02 Å². The largest absolute Gasteiger partial charge is 0.486 e. The summed E-state index contributed by atoms with van der Waals surface area (Å²) >= 11 is 6.37. The van der Waals surface area contributed by atoms with E-state index in [2.05, 4.69) is 25.8 Å². The normalized spacial score (nSPS) is 13.0. The number of halogens is 1. The van der Waals surface area contributed by atoms with E-state index in [9.17, 15) is 9.90 Å². The van der Waals surface area contributed by atoms with E-state index in [1.165, 1.54) is 0 Å². The molecule has 0 spiro atoms. The Morgan fingerprint density at radius 2 is 1.90 bits per heavy atom. The minimum atomic E-state index is -1.08.